The summed E-state index contributed by atoms with van der Waals surface area (Å²) in [6, 6.07) is 5.28. The first-order chi connectivity index (χ1) is 15.3. The number of aromatic amines is 1. The molecule has 2 fully saturated rings. The van der Waals surface area contributed by atoms with Gasteiger partial charge in [0.1, 0.15) is 16.4 Å². The van der Waals surface area contributed by atoms with E-state index in [2.05, 4.69) is 34.0 Å². The van der Waals surface area contributed by atoms with E-state index < -0.39 is 10.0 Å². The standard InChI is InChI=1S/C21H29N5O4S2/c1-15-13-25(14-16(2)30-15)20-4-3-17(10-23-20)11-24-21(27)19-9-18(12-22-19)32(28,29)26-5-7-31-8-6-26/h3-4,9-10,12,15-16,22H,5-8,11,13-14H2,1-2H3,(H,24,27). The molecule has 2 aliphatic heterocycles. The molecule has 2 unspecified atom stereocenters. The Morgan fingerprint density at radius 1 is 1.25 bits per heavy atom. The number of ether oxygens (including phenoxy) is 1. The number of thioether (sulfide) groups is 1. The normalized spacial score (nSPS) is 22.6. The number of amides is 1. The van der Waals surface area contributed by atoms with Gasteiger partial charge in [0, 0.05) is 56.6 Å². The van der Waals surface area contributed by atoms with Crippen LogP contribution < -0.4 is 10.2 Å². The van der Waals surface area contributed by atoms with Crippen molar-refractivity contribution >= 4 is 33.5 Å². The van der Waals surface area contributed by atoms with Crippen molar-refractivity contribution < 1.29 is 17.9 Å². The zero-order valence-electron chi connectivity index (χ0n) is 18.3. The SMILES string of the molecule is CC1CN(c2ccc(CNC(=O)c3cc(S(=O)(=O)N4CCSCC4)c[nH]3)cn2)CC(C)O1. The quantitative estimate of drug-likeness (QED) is 0.649. The maximum atomic E-state index is 12.8. The summed E-state index contributed by atoms with van der Waals surface area (Å²) in [4.78, 5) is 22.2. The Labute approximate surface area is 193 Å². The second kappa shape index (κ2) is 9.82. The van der Waals surface area contributed by atoms with Crippen LogP contribution >= 0.6 is 11.8 Å². The van der Waals surface area contributed by atoms with Crippen molar-refractivity contribution in [3.63, 3.8) is 0 Å². The summed E-state index contributed by atoms with van der Waals surface area (Å²) in [5, 5.41) is 2.82. The fraction of sp³-hybridized carbons (Fsp3) is 0.524. The predicted molar refractivity (Wildman–Crippen MR) is 125 cm³/mol. The van der Waals surface area contributed by atoms with Crippen LogP contribution in [0, 0.1) is 0 Å². The van der Waals surface area contributed by atoms with Gasteiger partial charge in [-0.1, -0.05) is 6.07 Å². The minimum absolute atomic E-state index is 0.120. The number of carbonyl (C=O) groups excluding carboxylic acids is 1. The smallest absolute Gasteiger partial charge is 0.268 e. The number of carbonyl (C=O) groups is 1. The second-order valence-corrected chi connectivity index (χ2v) is 11.3. The number of sulfonamides is 1. The van der Waals surface area contributed by atoms with Crippen LogP contribution in [-0.4, -0.2) is 78.5 Å². The number of anilines is 1. The molecule has 2 aliphatic rings. The van der Waals surface area contributed by atoms with Crippen LogP contribution in [0.2, 0.25) is 0 Å². The summed E-state index contributed by atoms with van der Waals surface area (Å²) in [7, 11) is -3.58. The molecule has 174 valence electrons. The Bertz CT molecular complexity index is 1020. The predicted octanol–water partition coefficient (Wildman–Crippen LogP) is 1.69. The molecule has 2 N–H and O–H groups in total. The van der Waals surface area contributed by atoms with E-state index in [0.29, 0.717) is 19.6 Å². The van der Waals surface area contributed by atoms with E-state index in [-0.39, 0.29) is 28.7 Å². The number of pyridine rings is 1. The van der Waals surface area contributed by atoms with E-state index in [9.17, 15) is 13.2 Å². The summed E-state index contributed by atoms with van der Waals surface area (Å²) >= 11 is 1.74. The fourth-order valence-electron chi connectivity index (χ4n) is 3.94. The molecule has 0 bridgehead atoms. The average Bonchev–Trinajstić information content (AvgIpc) is 3.29. The average molecular weight is 480 g/mol. The van der Waals surface area contributed by atoms with Crippen LogP contribution in [-0.2, 0) is 21.3 Å². The van der Waals surface area contributed by atoms with Crippen molar-refractivity contribution in [2.24, 2.45) is 0 Å². The summed E-state index contributed by atoms with van der Waals surface area (Å²) < 4.78 is 32.7. The van der Waals surface area contributed by atoms with E-state index in [1.807, 2.05) is 12.1 Å². The van der Waals surface area contributed by atoms with E-state index >= 15 is 0 Å². The lowest BCUT2D eigenvalue weighted by atomic mass is 10.2. The molecule has 0 aliphatic carbocycles. The molecule has 1 amide bonds. The van der Waals surface area contributed by atoms with Crippen LogP contribution in [0.15, 0.2) is 35.5 Å². The maximum Gasteiger partial charge on any atom is 0.268 e. The number of H-pyrrole nitrogens is 1. The van der Waals surface area contributed by atoms with Gasteiger partial charge in [-0.05, 0) is 31.5 Å². The Morgan fingerprint density at radius 3 is 2.62 bits per heavy atom. The molecule has 11 heteroatoms. The molecule has 2 aromatic heterocycles. The highest BCUT2D eigenvalue weighted by Gasteiger charge is 2.28. The third-order valence-corrected chi connectivity index (χ3v) is 8.33. The minimum Gasteiger partial charge on any atom is -0.372 e. The Morgan fingerprint density at radius 2 is 1.97 bits per heavy atom. The molecular weight excluding hydrogens is 450 g/mol. The monoisotopic (exact) mass is 479 g/mol. The highest BCUT2D eigenvalue weighted by Crippen LogP contribution is 2.21. The first-order valence-electron chi connectivity index (χ1n) is 10.7. The van der Waals surface area contributed by atoms with Crippen molar-refractivity contribution in [2.45, 2.75) is 37.5 Å². The van der Waals surface area contributed by atoms with Gasteiger partial charge in [-0.2, -0.15) is 16.1 Å². The fourth-order valence-corrected chi connectivity index (χ4v) is 6.51. The van der Waals surface area contributed by atoms with Crippen LogP contribution in [0.25, 0.3) is 0 Å². The lowest BCUT2D eigenvalue weighted by molar-refractivity contribution is -0.00546. The maximum absolute atomic E-state index is 12.8. The number of nitrogens with one attached hydrogen (secondary N) is 2. The number of nitrogens with zero attached hydrogens (tertiary/aromatic N) is 3. The third-order valence-electron chi connectivity index (χ3n) is 5.51. The first-order valence-corrected chi connectivity index (χ1v) is 13.3. The molecule has 0 radical (unpaired) electrons. The molecule has 2 saturated heterocycles. The lowest BCUT2D eigenvalue weighted by Gasteiger charge is -2.36. The molecule has 4 rings (SSSR count). The van der Waals surface area contributed by atoms with Crippen LogP contribution in [0.1, 0.15) is 29.9 Å². The zero-order valence-corrected chi connectivity index (χ0v) is 19.9. The summed E-state index contributed by atoms with van der Waals surface area (Å²) in [6.45, 7) is 6.97. The molecule has 0 spiro atoms. The van der Waals surface area contributed by atoms with Crippen molar-refractivity contribution in [3.05, 3.63) is 41.9 Å². The zero-order chi connectivity index (χ0) is 22.7. The van der Waals surface area contributed by atoms with Gasteiger partial charge >= 0.3 is 0 Å². The minimum atomic E-state index is -3.58. The van der Waals surface area contributed by atoms with E-state index in [4.69, 9.17) is 4.74 Å². The summed E-state index contributed by atoms with van der Waals surface area (Å²) in [5.74, 6) is 2.10. The Kier molecular flexibility index (Phi) is 7.08. The highest BCUT2D eigenvalue weighted by molar-refractivity contribution is 7.99. The molecule has 0 saturated carbocycles. The van der Waals surface area contributed by atoms with Gasteiger partial charge in [0.05, 0.1) is 12.2 Å². The van der Waals surface area contributed by atoms with E-state index in [0.717, 1.165) is 36.0 Å². The van der Waals surface area contributed by atoms with Crippen LogP contribution in [0.5, 0.6) is 0 Å². The van der Waals surface area contributed by atoms with Gasteiger partial charge < -0.3 is 19.9 Å². The number of rotatable bonds is 6. The molecule has 32 heavy (non-hydrogen) atoms. The third kappa shape index (κ3) is 5.28. The topological polar surface area (TPSA) is 108 Å². The van der Waals surface area contributed by atoms with Crippen LogP contribution in [0.4, 0.5) is 5.82 Å². The molecule has 2 aromatic rings. The molecule has 9 nitrogen and oxygen atoms in total. The highest BCUT2D eigenvalue weighted by atomic mass is 32.2. The number of hydrogen-bond acceptors (Lipinski definition) is 7. The van der Waals surface area contributed by atoms with Gasteiger partial charge in [0.2, 0.25) is 10.0 Å². The number of aromatic nitrogens is 2. The van der Waals surface area contributed by atoms with Crippen LogP contribution in [0.3, 0.4) is 0 Å². The molecule has 2 atom stereocenters. The number of hydrogen-bond donors (Lipinski definition) is 2. The molecule has 0 aromatic carbocycles. The summed E-state index contributed by atoms with van der Waals surface area (Å²) in [5.41, 5.74) is 1.08. The number of morpholine rings is 1. The lowest BCUT2D eigenvalue weighted by Crippen LogP contribution is -2.45. The molecule has 4 heterocycles. The van der Waals surface area contributed by atoms with Crippen molar-refractivity contribution in [1.82, 2.24) is 19.6 Å². The van der Waals surface area contributed by atoms with Crippen molar-refractivity contribution in [1.29, 1.82) is 0 Å². The first kappa shape index (κ1) is 23.1. The second-order valence-electron chi connectivity index (χ2n) is 8.14. The van der Waals surface area contributed by atoms with E-state index in [1.165, 1.54) is 16.6 Å². The molecular formula is C21H29N5O4S2. The Hall–Kier alpha value is -2.08. The van der Waals surface area contributed by atoms with Gasteiger partial charge in [-0.25, -0.2) is 13.4 Å². The Balaban J connectivity index is 1.34. The van der Waals surface area contributed by atoms with Gasteiger partial charge in [0.15, 0.2) is 0 Å². The van der Waals surface area contributed by atoms with Gasteiger partial charge in [-0.15, -0.1) is 0 Å². The van der Waals surface area contributed by atoms with Crippen molar-refractivity contribution in [2.75, 3.05) is 42.6 Å². The largest absolute Gasteiger partial charge is 0.372 e. The van der Waals surface area contributed by atoms with Crippen molar-refractivity contribution in [3.8, 4) is 0 Å². The summed E-state index contributed by atoms with van der Waals surface area (Å²) in [6.07, 6.45) is 3.44. The van der Waals surface area contributed by atoms with Gasteiger partial charge in [-0.3, -0.25) is 4.79 Å². The van der Waals surface area contributed by atoms with Gasteiger partial charge in [0.25, 0.3) is 5.91 Å². The van der Waals surface area contributed by atoms with E-state index in [1.54, 1.807) is 18.0 Å².